The van der Waals surface area contributed by atoms with Crippen molar-refractivity contribution in [2.24, 2.45) is 5.92 Å². The molecule has 0 aromatic carbocycles. The molecular formula is C14H24N2O3. The summed E-state index contributed by atoms with van der Waals surface area (Å²) < 4.78 is 0. The first-order valence-corrected chi connectivity index (χ1v) is 7.30. The summed E-state index contributed by atoms with van der Waals surface area (Å²) in [6.45, 7) is 4.12. The zero-order valence-corrected chi connectivity index (χ0v) is 11.8. The molecule has 108 valence electrons. The van der Waals surface area contributed by atoms with Crippen molar-refractivity contribution in [3.8, 4) is 0 Å². The van der Waals surface area contributed by atoms with E-state index in [0.29, 0.717) is 18.4 Å². The Morgan fingerprint density at radius 3 is 2.63 bits per heavy atom. The lowest BCUT2D eigenvalue weighted by Crippen LogP contribution is -2.57. The van der Waals surface area contributed by atoms with E-state index < -0.39 is 11.5 Å². The lowest BCUT2D eigenvalue weighted by Gasteiger charge is -2.34. The number of nitrogens with one attached hydrogen (secondary N) is 1. The Morgan fingerprint density at radius 2 is 2.00 bits per heavy atom. The number of carbonyl (C=O) groups is 2. The van der Waals surface area contributed by atoms with Gasteiger partial charge in [0.05, 0.1) is 0 Å². The number of amides is 2. The number of fused-ring (bicyclic) bond motifs is 1. The van der Waals surface area contributed by atoms with E-state index in [1.54, 1.807) is 13.8 Å². The number of carbonyl (C=O) groups excluding carboxylic acids is 1. The van der Waals surface area contributed by atoms with E-state index >= 15 is 0 Å². The highest BCUT2D eigenvalue weighted by molar-refractivity contribution is 5.86. The molecular weight excluding hydrogens is 244 g/mol. The molecule has 2 rings (SSSR count). The van der Waals surface area contributed by atoms with Crippen molar-refractivity contribution < 1.29 is 14.7 Å². The van der Waals surface area contributed by atoms with Crippen molar-refractivity contribution in [2.45, 2.75) is 64.0 Å². The zero-order chi connectivity index (χ0) is 14.0. The van der Waals surface area contributed by atoms with Crippen LogP contribution in [0.2, 0.25) is 0 Å². The number of likely N-dealkylation sites (tertiary alicyclic amines) is 1. The van der Waals surface area contributed by atoms with Crippen LogP contribution in [0.25, 0.3) is 0 Å². The van der Waals surface area contributed by atoms with Gasteiger partial charge in [0, 0.05) is 12.6 Å². The highest BCUT2D eigenvalue weighted by atomic mass is 16.4. The smallest absolute Gasteiger partial charge is 0.329 e. The van der Waals surface area contributed by atoms with E-state index in [0.717, 1.165) is 19.4 Å². The van der Waals surface area contributed by atoms with Gasteiger partial charge in [0.2, 0.25) is 0 Å². The number of urea groups is 1. The topological polar surface area (TPSA) is 69.6 Å². The fraction of sp³-hybridized carbons (Fsp3) is 0.857. The molecule has 1 heterocycles. The lowest BCUT2D eigenvalue weighted by molar-refractivity contribution is -0.143. The fourth-order valence-electron chi connectivity index (χ4n) is 3.26. The van der Waals surface area contributed by atoms with Gasteiger partial charge in [-0.05, 0) is 38.5 Å². The second kappa shape index (κ2) is 5.39. The monoisotopic (exact) mass is 268 g/mol. The van der Waals surface area contributed by atoms with E-state index in [2.05, 4.69) is 5.32 Å². The van der Waals surface area contributed by atoms with Crippen molar-refractivity contribution in [2.75, 3.05) is 6.54 Å². The van der Waals surface area contributed by atoms with Crippen molar-refractivity contribution >= 4 is 12.0 Å². The largest absolute Gasteiger partial charge is 0.480 e. The molecule has 2 aliphatic rings. The van der Waals surface area contributed by atoms with E-state index in [1.165, 1.54) is 19.3 Å². The molecule has 0 aromatic rings. The van der Waals surface area contributed by atoms with Crippen LogP contribution in [-0.4, -0.2) is 40.1 Å². The molecule has 19 heavy (non-hydrogen) atoms. The molecule has 0 bridgehead atoms. The van der Waals surface area contributed by atoms with Gasteiger partial charge in [0.25, 0.3) is 0 Å². The van der Waals surface area contributed by atoms with Crippen LogP contribution in [0.1, 0.15) is 52.4 Å². The average Bonchev–Trinajstić information content (AvgIpc) is 2.82. The number of rotatable bonds is 3. The van der Waals surface area contributed by atoms with E-state index in [1.807, 2.05) is 4.90 Å². The van der Waals surface area contributed by atoms with Gasteiger partial charge in [-0.3, -0.25) is 0 Å². The van der Waals surface area contributed by atoms with E-state index in [-0.39, 0.29) is 6.03 Å². The molecule has 0 radical (unpaired) electrons. The molecule has 1 aliphatic heterocycles. The Morgan fingerprint density at radius 1 is 1.32 bits per heavy atom. The summed E-state index contributed by atoms with van der Waals surface area (Å²) in [5, 5.41) is 11.9. The quantitative estimate of drug-likeness (QED) is 0.824. The highest BCUT2D eigenvalue weighted by Crippen LogP contribution is 2.36. The van der Waals surface area contributed by atoms with Gasteiger partial charge in [-0.1, -0.05) is 19.8 Å². The summed E-state index contributed by atoms with van der Waals surface area (Å²) in [5.41, 5.74) is -1.16. The number of carboxylic acid groups (broad SMARTS) is 1. The third-order valence-electron chi connectivity index (χ3n) is 4.83. The second-order valence-electron chi connectivity index (χ2n) is 6.01. The number of hydrogen-bond acceptors (Lipinski definition) is 2. The van der Waals surface area contributed by atoms with Crippen molar-refractivity contribution in [1.29, 1.82) is 0 Å². The van der Waals surface area contributed by atoms with Gasteiger partial charge in [0.1, 0.15) is 5.54 Å². The van der Waals surface area contributed by atoms with Gasteiger partial charge in [-0.25, -0.2) is 9.59 Å². The normalized spacial score (nSPS) is 29.5. The number of nitrogens with zero attached hydrogens (tertiary/aromatic N) is 1. The van der Waals surface area contributed by atoms with Gasteiger partial charge in [-0.15, -0.1) is 0 Å². The van der Waals surface area contributed by atoms with Crippen LogP contribution in [0.4, 0.5) is 4.79 Å². The van der Waals surface area contributed by atoms with Crippen LogP contribution in [0.15, 0.2) is 0 Å². The van der Waals surface area contributed by atoms with E-state index in [4.69, 9.17) is 0 Å². The van der Waals surface area contributed by atoms with Crippen LogP contribution < -0.4 is 5.32 Å². The Labute approximate surface area is 114 Å². The Balaban J connectivity index is 2.02. The van der Waals surface area contributed by atoms with Crippen molar-refractivity contribution in [3.63, 3.8) is 0 Å². The molecule has 0 spiro atoms. The first kappa shape index (κ1) is 14.2. The second-order valence-corrected chi connectivity index (χ2v) is 6.01. The molecule has 1 saturated heterocycles. The third kappa shape index (κ3) is 2.69. The first-order valence-electron chi connectivity index (χ1n) is 7.30. The van der Waals surface area contributed by atoms with Crippen LogP contribution in [0.5, 0.6) is 0 Å². The standard InChI is InChI=1S/C14H24N2O3/c1-3-14(2,12(17)18)15-13(19)16-9-8-10-6-4-5-7-11(10)16/h10-11H,3-9H2,1-2H3,(H,15,19)(H,17,18). The van der Waals surface area contributed by atoms with E-state index in [9.17, 15) is 14.7 Å². The predicted octanol–water partition coefficient (Wildman–Crippen LogP) is 2.21. The van der Waals surface area contributed by atoms with Gasteiger partial charge >= 0.3 is 12.0 Å². The Bertz CT molecular complexity index is 372. The zero-order valence-electron chi connectivity index (χ0n) is 11.8. The minimum absolute atomic E-state index is 0.207. The van der Waals surface area contributed by atoms with Crippen molar-refractivity contribution in [3.05, 3.63) is 0 Å². The van der Waals surface area contributed by atoms with Gasteiger partial charge in [-0.2, -0.15) is 0 Å². The molecule has 1 saturated carbocycles. The molecule has 2 N–H and O–H groups in total. The summed E-state index contributed by atoms with van der Waals surface area (Å²) in [7, 11) is 0. The maximum Gasteiger partial charge on any atom is 0.329 e. The Hall–Kier alpha value is -1.26. The number of aliphatic carboxylic acids is 1. The maximum atomic E-state index is 12.3. The minimum atomic E-state index is -1.16. The average molecular weight is 268 g/mol. The summed E-state index contributed by atoms with van der Waals surface area (Å²) >= 11 is 0. The molecule has 1 aliphatic carbocycles. The number of hydrogen-bond donors (Lipinski definition) is 2. The lowest BCUT2D eigenvalue weighted by atomic mass is 9.85. The molecule has 5 nitrogen and oxygen atoms in total. The summed E-state index contributed by atoms with van der Waals surface area (Å²) in [6, 6.07) is 0.116. The van der Waals surface area contributed by atoms with Crippen LogP contribution in [0, 0.1) is 5.92 Å². The highest BCUT2D eigenvalue weighted by Gasteiger charge is 2.41. The van der Waals surface area contributed by atoms with Crippen molar-refractivity contribution in [1.82, 2.24) is 10.2 Å². The Kier molecular flexibility index (Phi) is 4.02. The summed E-state index contributed by atoms with van der Waals surface area (Å²) in [6.07, 6.45) is 6.16. The molecule has 5 heteroatoms. The SMILES string of the molecule is CCC(C)(NC(=O)N1CCC2CCCCC21)C(=O)O. The minimum Gasteiger partial charge on any atom is -0.480 e. The van der Waals surface area contributed by atoms with Crippen LogP contribution in [-0.2, 0) is 4.79 Å². The van der Waals surface area contributed by atoms with Crippen LogP contribution >= 0.6 is 0 Å². The molecule has 3 atom stereocenters. The molecule has 0 aromatic heterocycles. The number of carboxylic acids is 1. The van der Waals surface area contributed by atoms with Gasteiger partial charge < -0.3 is 15.3 Å². The van der Waals surface area contributed by atoms with Crippen LogP contribution in [0.3, 0.4) is 0 Å². The first-order chi connectivity index (χ1) is 8.98. The molecule has 2 fully saturated rings. The third-order valence-corrected chi connectivity index (χ3v) is 4.83. The fourth-order valence-corrected chi connectivity index (χ4v) is 3.26. The molecule has 3 unspecified atom stereocenters. The summed E-state index contributed by atoms with van der Waals surface area (Å²) in [5.74, 6) is -0.347. The molecule has 2 amide bonds. The summed E-state index contributed by atoms with van der Waals surface area (Å²) in [4.78, 5) is 25.4. The predicted molar refractivity (Wildman–Crippen MR) is 71.9 cm³/mol. The van der Waals surface area contributed by atoms with Gasteiger partial charge in [0.15, 0.2) is 0 Å². The maximum absolute atomic E-state index is 12.3.